The highest BCUT2D eigenvalue weighted by Gasteiger charge is 2.60. The number of rotatable bonds is 4. The Morgan fingerprint density at radius 3 is 1.66 bits per heavy atom. The highest BCUT2D eigenvalue weighted by Crippen LogP contribution is 2.66. The first-order valence-electron chi connectivity index (χ1n) is 20.5. The molecule has 0 saturated carbocycles. The minimum atomic E-state index is -0.676. The summed E-state index contributed by atoms with van der Waals surface area (Å²) in [5.41, 5.74) is 16.3. The Hall–Kier alpha value is -7.23. The van der Waals surface area contributed by atoms with Crippen molar-refractivity contribution < 1.29 is 0 Å². The summed E-state index contributed by atoms with van der Waals surface area (Å²) in [4.78, 5) is 5.82. The van der Waals surface area contributed by atoms with Crippen LogP contribution in [0.2, 0.25) is 0 Å². The summed E-state index contributed by atoms with van der Waals surface area (Å²) in [6, 6.07) is 70.0. The lowest BCUT2D eigenvalue weighted by Gasteiger charge is -2.56. The summed E-state index contributed by atoms with van der Waals surface area (Å²) in [6.45, 7) is 0. The highest BCUT2D eigenvalue weighted by molar-refractivity contribution is 6.09. The Kier molecular flexibility index (Phi) is 6.42. The summed E-state index contributed by atoms with van der Waals surface area (Å²) < 4.78 is 4.85. The molecule has 3 heterocycles. The molecule has 0 spiro atoms. The molecule has 0 saturated heterocycles. The zero-order valence-electron chi connectivity index (χ0n) is 31.8. The number of fused-ring (bicyclic) bond motifs is 6. The van der Waals surface area contributed by atoms with Crippen molar-refractivity contribution >= 4 is 38.8 Å². The molecule has 0 amide bonds. The van der Waals surface area contributed by atoms with E-state index in [0.29, 0.717) is 0 Å². The van der Waals surface area contributed by atoms with Gasteiger partial charge in [-0.05, 0) is 106 Å². The number of allylic oxidation sites excluding steroid dienone is 1. The van der Waals surface area contributed by atoms with Crippen LogP contribution in [0.3, 0.4) is 0 Å². The molecule has 4 aliphatic carbocycles. The van der Waals surface area contributed by atoms with Gasteiger partial charge in [0.15, 0.2) is 0 Å². The first-order valence-corrected chi connectivity index (χ1v) is 20.5. The second kappa shape index (κ2) is 11.7. The van der Waals surface area contributed by atoms with Gasteiger partial charge >= 0.3 is 0 Å². The molecule has 0 atom stereocenters. The molecule has 0 radical (unpaired) electrons. The van der Waals surface area contributed by atoms with Gasteiger partial charge in [-0.2, -0.15) is 0 Å². The first kappa shape index (κ1) is 31.9. The topological polar surface area (TPSA) is 22.8 Å². The number of pyridine rings is 1. The Morgan fingerprint density at radius 2 is 0.983 bits per heavy atom. The van der Waals surface area contributed by atoms with E-state index in [4.69, 9.17) is 4.98 Å². The zero-order valence-corrected chi connectivity index (χ0v) is 31.8. The normalized spacial score (nSPS) is 18.6. The third kappa shape index (κ3) is 3.86. The minimum absolute atomic E-state index is 0.551. The summed E-state index contributed by atoms with van der Waals surface area (Å²) in [5, 5.41) is 3.81. The minimum Gasteiger partial charge on any atom is -0.310 e. The molecule has 58 heavy (non-hydrogen) atoms. The van der Waals surface area contributed by atoms with E-state index in [9.17, 15) is 0 Å². The molecule has 10 aromatic rings. The number of para-hydroxylation sites is 3. The fourth-order valence-electron chi connectivity index (χ4n) is 11.4. The fourth-order valence-corrected chi connectivity index (χ4v) is 11.4. The average molecular weight is 740 g/mol. The second-order valence-electron chi connectivity index (χ2n) is 16.1. The van der Waals surface area contributed by atoms with Gasteiger partial charge in [0, 0.05) is 27.5 Å². The van der Waals surface area contributed by atoms with E-state index in [1.54, 1.807) is 0 Å². The Morgan fingerprint density at radius 1 is 0.431 bits per heavy atom. The first-order chi connectivity index (χ1) is 28.8. The molecule has 3 nitrogen and oxygen atoms in total. The average Bonchev–Trinajstić information content (AvgIpc) is 3.82. The van der Waals surface area contributed by atoms with Crippen LogP contribution in [0.4, 0.5) is 0 Å². The van der Waals surface area contributed by atoms with Gasteiger partial charge < -0.3 is 4.57 Å². The van der Waals surface area contributed by atoms with Crippen molar-refractivity contribution in [1.29, 1.82) is 0 Å². The van der Waals surface area contributed by atoms with Gasteiger partial charge in [0.05, 0.1) is 33.1 Å². The van der Waals surface area contributed by atoms with Crippen molar-refractivity contribution in [1.82, 2.24) is 14.1 Å². The molecule has 272 valence electrons. The van der Waals surface area contributed by atoms with Crippen molar-refractivity contribution in [3.8, 4) is 11.5 Å². The largest absolute Gasteiger partial charge is 0.310 e. The maximum Gasteiger partial charge on any atom is 0.137 e. The van der Waals surface area contributed by atoms with E-state index in [2.05, 4.69) is 209 Å². The summed E-state index contributed by atoms with van der Waals surface area (Å²) in [5.74, 6) is 0.917. The maximum absolute atomic E-state index is 5.82. The summed E-state index contributed by atoms with van der Waals surface area (Å²) in [6.07, 6.45) is 6.80. The quantitative estimate of drug-likeness (QED) is 0.176. The third-order valence-electron chi connectivity index (χ3n) is 13.5. The predicted molar refractivity (Wildman–Crippen MR) is 236 cm³/mol. The van der Waals surface area contributed by atoms with Crippen LogP contribution in [0.1, 0.15) is 62.3 Å². The van der Waals surface area contributed by atoms with Gasteiger partial charge in [-0.1, -0.05) is 152 Å². The maximum atomic E-state index is 5.82. The monoisotopic (exact) mass is 739 g/mol. The Labute approximate surface area is 336 Å². The van der Waals surface area contributed by atoms with Crippen LogP contribution in [0.25, 0.3) is 50.3 Å². The van der Waals surface area contributed by atoms with E-state index >= 15 is 0 Å². The van der Waals surface area contributed by atoms with Crippen LogP contribution >= 0.6 is 0 Å². The Bertz CT molecular complexity index is 3260. The van der Waals surface area contributed by atoms with Crippen molar-refractivity contribution in [2.75, 3.05) is 0 Å². The molecule has 0 N–H and O–H groups in total. The summed E-state index contributed by atoms with van der Waals surface area (Å²) in [7, 11) is 0. The van der Waals surface area contributed by atoms with Gasteiger partial charge in [0.1, 0.15) is 5.82 Å². The standard InChI is InChI=1S/C55H37N3/c1-2-17-36(18-3-1)54-42-23-8-10-25-44(42)55(45-26-11-9-24-43(45)54,52-31-16-32-53(56-52)58-50-29-14-6-21-40(50)41-22-7-15-30-51(41)58)46-34-33-37(35-47(46)54)57-48-27-12-4-19-38(48)39-20-5-13-28-49(39)57/h1-4,6-19,21-35H,5,20H2. The van der Waals surface area contributed by atoms with Gasteiger partial charge in [-0.25, -0.2) is 4.98 Å². The van der Waals surface area contributed by atoms with Crippen molar-refractivity contribution in [3.63, 3.8) is 0 Å². The van der Waals surface area contributed by atoms with Crippen LogP contribution in [0.15, 0.2) is 194 Å². The zero-order chi connectivity index (χ0) is 38.0. The molecule has 0 aliphatic heterocycles. The van der Waals surface area contributed by atoms with Crippen LogP contribution in [-0.2, 0) is 17.3 Å². The van der Waals surface area contributed by atoms with Crippen LogP contribution in [0, 0.1) is 0 Å². The smallest absolute Gasteiger partial charge is 0.137 e. The molecular weight excluding hydrogens is 703 g/mol. The number of aryl methyl sites for hydroxylation is 1. The number of aromatic nitrogens is 3. The molecule has 0 unspecified atom stereocenters. The number of benzene rings is 7. The van der Waals surface area contributed by atoms with E-state index < -0.39 is 10.8 Å². The molecule has 4 aliphatic rings. The lowest BCUT2D eigenvalue weighted by atomic mass is 9.45. The van der Waals surface area contributed by atoms with Crippen LogP contribution in [0.5, 0.6) is 0 Å². The molecule has 3 aromatic heterocycles. The lowest BCUT2D eigenvalue weighted by Crippen LogP contribution is -2.52. The van der Waals surface area contributed by atoms with E-state index in [1.165, 1.54) is 77.6 Å². The number of hydrogen-bond acceptors (Lipinski definition) is 1. The van der Waals surface area contributed by atoms with Gasteiger partial charge in [-0.15, -0.1) is 0 Å². The predicted octanol–water partition coefficient (Wildman–Crippen LogP) is 12.5. The second-order valence-corrected chi connectivity index (χ2v) is 16.1. The van der Waals surface area contributed by atoms with Gasteiger partial charge in [-0.3, -0.25) is 4.57 Å². The summed E-state index contributed by atoms with van der Waals surface area (Å²) >= 11 is 0. The number of hydrogen-bond donors (Lipinski definition) is 0. The SMILES string of the molecule is C1=Cc2c(c3ccccc3n2-c2ccc3c(c2)C2(c4ccccc4)c4ccccc4C3(c3cccc(-n4c5ccccc5c5ccccc54)n3)c3ccccc32)CC1. The van der Waals surface area contributed by atoms with E-state index in [0.717, 1.165) is 35.4 Å². The number of nitrogens with zero attached hydrogens (tertiary/aromatic N) is 3. The molecule has 2 bridgehead atoms. The van der Waals surface area contributed by atoms with Crippen molar-refractivity contribution in [2.45, 2.75) is 23.7 Å². The van der Waals surface area contributed by atoms with Crippen LogP contribution in [-0.4, -0.2) is 14.1 Å². The molecule has 14 rings (SSSR count). The third-order valence-corrected chi connectivity index (χ3v) is 13.5. The molecular formula is C55H37N3. The molecule has 3 heteroatoms. The van der Waals surface area contributed by atoms with E-state index in [1.807, 2.05) is 0 Å². The van der Waals surface area contributed by atoms with Gasteiger partial charge in [0.2, 0.25) is 0 Å². The fraction of sp³-hybridized carbons (Fsp3) is 0.0727. The Balaban J connectivity index is 1.16. The van der Waals surface area contributed by atoms with Gasteiger partial charge in [0.25, 0.3) is 0 Å². The lowest BCUT2D eigenvalue weighted by molar-refractivity contribution is 0.546. The highest BCUT2D eigenvalue weighted by atomic mass is 15.1. The van der Waals surface area contributed by atoms with Crippen molar-refractivity contribution in [3.05, 3.63) is 250 Å². The van der Waals surface area contributed by atoms with Crippen molar-refractivity contribution in [2.24, 2.45) is 0 Å². The molecule has 7 aromatic carbocycles. The van der Waals surface area contributed by atoms with Crippen LogP contribution < -0.4 is 0 Å². The van der Waals surface area contributed by atoms with E-state index in [-0.39, 0.29) is 0 Å². The molecule has 0 fully saturated rings.